The topological polar surface area (TPSA) is 96.3 Å². The Morgan fingerprint density at radius 1 is 0.976 bits per heavy atom. The lowest BCUT2D eigenvalue weighted by Gasteiger charge is -2.35. The molecule has 0 atom stereocenters. The van der Waals surface area contributed by atoms with E-state index in [-0.39, 0.29) is 30.4 Å². The van der Waals surface area contributed by atoms with Crippen molar-refractivity contribution >= 4 is 33.0 Å². The molecular formula is C31H37F2N5O3S. The van der Waals surface area contributed by atoms with E-state index in [0.29, 0.717) is 40.9 Å². The van der Waals surface area contributed by atoms with Crippen molar-refractivity contribution in [2.24, 2.45) is 5.41 Å². The molecule has 0 unspecified atom stereocenters. The fraction of sp³-hybridized carbons (Fsp3) is 0.484. The molecule has 224 valence electrons. The first-order valence-electron chi connectivity index (χ1n) is 14.8. The molecular weight excluding hydrogens is 560 g/mol. The van der Waals surface area contributed by atoms with Gasteiger partial charge in [0.2, 0.25) is 15.9 Å². The van der Waals surface area contributed by atoms with Gasteiger partial charge in [0.25, 0.3) is 5.91 Å². The highest BCUT2D eigenvalue weighted by molar-refractivity contribution is 7.92. The molecule has 1 aliphatic heterocycles. The minimum atomic E-state index is -3.48. The van der Waals surface area contributed by atoms with Crippen molar-refractivity contribution < 1.29 is 22.0 Å². The van der Waals surface area contributed by atoms with Crippen LogP contribution in [0.25, 0.3) is 5.69 Å². The van der Waals surface area contributed by atoms with Crippen LogP contribution in [0.2, 0.25) is 0 Å². The van der Waals surface area contributed by atoms with Crippen LogP contribution in [-0.4, -0.2) is 48.6 Å². The van der Waals surface area contributed by atoms with E-state index >= 15 is 0 Å². The maximum absolute atomic E-state index is 14.0. The Morgan fingerprint density at radius 2 is 1.69 bits per heavy atom. The predicted molar refractivity (Wildman–Crippen MR) is 160 cm³/mol. The largest absolute Gasteiger partial charge is 0.371 e. The van der Waals surface area contributed by atoms with Gasteiger partial charge in [-0.3, -0.25) is 9.52 Å². The molecule has 1 amide bonds. The van der Waals surface area contributed by atoms with Crippen molar-refractivity contribution in [3.63, 3.8) is 0 Å². The second-order valence-electron chi connectivity index (χ2n) is 12.1. The molecule has 2 heterocycles. The van der Waals surface area contributed by atoms with Gasteiger partial charge in [-0.25, -0.2) is 22.2 Å². The third-order valence-electron chi connectivity index (χ3n) is 9.24. The summed E-state index contributed by atoms with van der Waals surface area (Å²) in [4.78, 5) is 20.1. The van der Waals surface area contributed by atoms with E-state index in [0.717, 1.165) is 37.2 Å². The normalized spacial score (nSPS) is 19.9. The minimum Gasteiger partial charge on any atom is -0.371 e. The molecule has 0 bridgehead atoms. The number of rotatable bonds is 8. The van der Waals surface area contributed by atoms with Gasteiger partial charge in [0.05, 0.1) is 34.7 Å². The van der Waals surface area contributed by atoms with Gasteiger partial charge < -0.3 is 14.8 Å². The molecule has 2 aliphatic carbocycles. The molecule has 6 rings (SSSR count). The van der Waals surface area contributed by atoms with Gasteiger partial charge >= 0.3 is 0 Å². The Hall–Kier alpha value is -3.47. The summed E-state index contributed by atoms with van der Waals surface area (Å²) in [6.45, 7) is 3.19. The molecule has 8 nitrogen and oxygen atoms in total. The van der Waals surface area contributed by atoms with Crippen molar-refractivity contribution in [2.75, 3.05) is 33.8 Å². The van der Waals surface area contributed by atoms with Crippen LogP contribution >= 0.6 is 0 Å². The lowest BCUT2D eigenvalue weighted by molar-refractivity contribution is -0.0382. The fourth-order valence-corrected chi connectivity index (χ4v) is 6.98. The van der Waals surface area contributed by atoms with Crippen molar-refractivity contribution in [2.45, 2.75) is 70.1 Å². The molecule has 1 aromatic heterocycles. The van der Waals surface area contributed by atoms with Crippen LogP contribution in [0.4, 0.5) is 25.8 Å². The number of nitrogens with zero attached hydrogens (tertiary/aromatic N) is 3. The molecule has 2 saturated carbocycles. The maximum Gasteiger partial charge on any atom is 0.257 e. The van der Waals surface area contributed by atoms with E-state index in [1.165, 1.54) is 12.8 Å². The highest BCUT2D eigenvalue weighted by atomic mass is 32.2. The Kier molecular flexibility index (Phi) is 7.49. The predicted octanol–water partition coefficient (Wildman–Crippen LogP) is 6.56. The third kappa shape index (κ3) is 6.16. The number of hydrogen-bond donors (Lipinski definition) is 2. The average Bonchev–Trinajstić information content (AvgIpc) is 3.48. The molecule has 2 aromatic carbocycles. The second-order valence-corrected chi connectivity index (χ2v) is 14.1. The molecule has 11 heteroatoms. The zero-order valence-corrected chi connectivity index (χ0v) is 24.6. The van der Waals surface area contributed by atoms with Crippen LogP contribution in [0, 0.1) is 5.41 Å². The second kappa shape index (κ2) is 11.0. The van der Waals surface area contributed by atoms with Gasteiger partial charge in [-0.1, -0.05) is 0 Å². The molecule has 1 saturated heterocycles. The van der Waals surface area contributed by atoms with Gasteiger partial charge in [0.15, 0.2) is 0 Å². The molecule has 2 N–H and O–H groups in total. The molecule has 3 aromatic rings. The van der Waals surface area contributed by atoms with E-state index < -0.39 is 15.9 Å². The van der Waals surface area contributed by atoms with Crippen LogP contribution in [0.3, 0.4) is 0 Å². The lowest BCUT2D eigenvalue weighted by Crippen LogP contribution is -2.35. The van der Waals surface area contributed by atoms with E-state index in [1.807, 2.05) is 29.0 Å². The first-order valence-corrected chi connectivity index (χ1v) is 16.4. The first kappa shape index (κ1) is 28.6. The van der Waals surface area contributed by atoms with Crippen molar-refractivity contribution in [3.8, 4) is 5.69 Å². The lowest BCUT2D eigenvalue weighted by atomic mass is 9.81. The van der Waals surface area contributed by atoms with Crippen LogP contribution in [0.5, 0.6) is 0 Å². The Bertz CT molecular complexity index is 1550. The van der Waals surface area contributed by atoms with E-state index in [1.54, 1.807) is 37.6 Å². The average molecular weight is 598 g/mol. The number of benzene rings is 2. The monoisotopic (exact) mass is 597 g/mol. The van der Waals surface area contributed by atoms with E-state index in [9.17, 15) is 22.0 Å². The van der Waals surface area contributed by atoms with Gasteiger partial charge in [-0.15, -0.1) is 0 Å². The van der Waals surface area contributed by atoms with Gasteiger partial charge in [-0.2, -0.15) is 0 Å². The standard InChI is InChI=1S/C31H37F2N5O3S/c1-2-42(40,41)36-24-3-5-25(28(20-24)37-16-13-30(11-12-30)14-17-37)29(39)35-23-4-6-27(38-18-15-34-21-38)26(19-23)22-7-9-31(32,33)10-8-22/h3-6,15,18-22,36H,2,7-14,16-17H2,1H3,(H,35,39). The number of nitrogens with one attached hydrogen (secondary N) is 2. The van der Waals surface area contributed by atoms with Crippen LogP contribution < -0.4 is 14.9 Å². The summed E-state index contributed by atoms with van der Waals surface area (Å²) in [6, 6.07) is 10.6. The fourth-order valence-electron chi connectivity index (χ4n) is 6.34. The number of imidazole rings is 1. The quantitative estimate of drug-likeness (QED) is 0.307. The summed E-state index contributed by atoms with van der Waals surface area (Å²) in [5.41, 5.74) is 4.36. The summed E-state index contributed by atoms with van der Waals surface area (Å²) in [5, 5.41) is 3.04. The number of alkyl halides is 2. The van der Waals surface area contributed by atoms with Crippen LogP contribution in [0.1, 0.15) is 80.1 Å². The summed E-state index contributed by atoms with van der Waals surface area (Å²) in [7, 11) is -3.48. The zero-order valence-electron chi connectivity index (χ0n) is 23.8. The number of hydrogen-bond acceptors (Lipinski definition) is 5. The number of aromatic nitrogens is 2. The molecule has 42 heavy (non-hydrogen) atoms. The van der Waals surface area contributed by atoms with E-state index in [2.05, 4.69) is 19.9 Å². The van der Waals surface area contributed by atoms with Gasteiger partial charge in [0.1, 0.15) is 0 Å². The maximum atomic E-state index is 14.0. The number of sulfonamides is 1. The van der Waals surface area contributed by atoms with Crippen molar-refractivity contribution in [1.29, 1.82) is 0 Å². The number of anilines is 3. The Labute approximate surface area is 245 Å². The number of carbonyl (C=O) groups excluding carboxylic acids is 1. The molecule has 3 fully saturated rings. The van der Waals surface area contributed by atoms with Gasteiger partial charge in [0, 0.05) is 44.0 Å². The number of piperidine rings is 1. The number of carbonyl (C=O) groups is 1. The third-order valence-corrected chi connectivity index (χ3v) is 10.5. The number of amides is 1. The highest BCUT2D eigenvalue weighted by Gasteiger charge is 2.44. The minimum absolute atomic E-state index is 0.0488. The summed E-state index contributed by atoms with van der Waals surface area (Å²) < 4.78 is 57.0. The van der Waals surface area contributed by atoms with Crippen molar-refractivity contribution in [3.05, 3.63) is 66.2 Å². The molecule has 3 aliphatic rings. The molecule has 1 spiro atoms. The van der Waals surface area contributed by atoms with E-state index in [4.69, 9.17) is 0 Å². The Morgan fingerprint density at radius 3 is 2.33 bits per heavy atom. The number of halogens is 2. The first-order chi connectivity index (χ1) is 20.1. The van der Waals surface area contributed by atoms with Crippen LogP contribution in [0.15, 0.2) is 55.1 Å². The molecule has 0 radical (unpaired) electrons. The van der Waals surface area contributed by atoms with Gasteiger partial charge in [-0.05, 0) is 98.7 Å². The summed E-state index contributed by atoms with van der Waals surface area (Å²) in [5.74, 6) is -3.06. The Balaban J connectivity index is 1.29. The summed E-state index contributed by atoms with van der Waals surface area (Å²) >= 11 is 0. The van der Waals surface area contributed by atoms with Crippen LogP contribution in [-0.2, 0) is 10.0 Å². The highest BCUT2D eigenvalue weighted by Crippen LogP contribution is 2.54. The zero-order chi connectivity index (χ0) is 29.5. The SMILES string of the molecule is CCS(=O)(=O)Nc1ccc(C(=O)Nc2ccc(-n3ccnc3)c(C3CCC(F)(F)CC3)c2)c(N2CCC3(CC2)CC3)c1. The van der Waals surface area contributed by atoms with Crippen molar-refractivity contribution in [1.82, 2.24) is 9.55 Å². The summed E-state index contributed by atoms with van der Waals surface area (Å²) in [6.07, 6.45) is 10.2. The smallest absolute Gasteiger partial charge is 0.257 e.